The number of amides is 1. The largest absolute Gasteiger partial charge is 0.481 e. The molecular formula is C14H23NO4. The van der Waals surface area contributed by atoms with Gasteiger partial charge in [-0.15, -0.1) is 0 Å². The molecular weight excluding hydrogens is 246 g/mol. The third-order valence-corrected chi connectivity index (χ3v) is 4.45. The van der Waals surface area contributed by atoms with Crippen LogP contribution in [0.4, 0.5) is 0 Å². The lowest BCUT2D eigenvalue weighted by molar-refractivity contribution is -0.143. The molecule has 0 aromatic heterocycles. The summed E-state index contributed by atoms with van der Waals surface area (Å²) in [6, 6.07) is 0. The van der Waals surface area contributed by atoms with E-state index in [9.17, 15) is 9.59 Å². The molecule has 1 atom stereocenters. The van der Waals surface area contributed by atoms with Gasteiger partial charge in [0.05, 0.1) is 5.92 Å². The summed E-state index contributed by atoms with van der Waals surface area (Å²) in [7, 11) is 0. The van der Waals surface area contributed by atoms with Crippen molar-refractivity contribution < 1.29 is 19.4 Å². The van der Waals surface area contributed by atoms with Gasteiger partial charge >= 0.3 is 5.97 Å². The Labute approximate surface area is 113 Å². The Bertz CT molecular complexity index is 341. The summed E-state index contributed by atoms with van der Waals surface area (Å²) in [6.45, 7) is 3.15. The van der Waals surface area contributed by atoms with Crippen LogP contribution in [-0.4, -0.2) is 35.7 Å². The van der Waals surface area contributed by atoms with Crippen molar-refractivity contribution in [1.82, 2.24) is 5.32 Å². The maximum absolute atomic E-state index is 12.1. The smallest absolute Gasteiger partial charge is 0.306 e. The molecule has 19 heavy (non-hydrogen) atoms. The zero-order valence-corrected chi connectivity index (χ0v) is 11.5. The van der Waals surface area contributed by atoms with Gasteiger partial charge in [0.25, 0.3) is 5.91 Å². The van der Waals surface area contributed by atoms with E-state index in [4.69, 9.17) is 9.84 Å². The van der Waals surface area contributed by atoms with Crippen molar-refractivity contribution in [1.29, 1.82) is 0 Å². The van der Waals surface area contributed by atoms with Crippen LogP contribution in [0.5, 0.6) is 0 Å². The molecule has 0 spiro atoms. The molecule has 2 fully saturated rings. The van der Waals surface area contributed by atoms with Crippen LogP contribution in [0.1, 0.15) is 45.4 Å². The molecule has 1 unspecified atom stereocenters. The van der Waals surface area contributed by atoms with E-state index in [-0.39, 0.29) is 11.8 Å². The zero-order chi connectivity index (χ0) is 13.9. The lowest BCUT2D eigenvalue weighted by Gasteiger charge is -2.28. The van der Waals surface area contributed by atoms with Gasteiger partial charge in [-0.25, -0.2) is 0 Å². The molecule has 5 nitrogen and oxygen atoms in total. The van der Waals surface area contributed by atoms with E-state index in [1.54, 1.807) is 0 Å². The Morgan fingerprint density at radius 1 is 1.32 bits per heavy atom. The SMILES string of the molecule is CC1(C(=O)NCC2CCC(C(=O)O)CC2)CCCO1. The van der Waals surface area contributed by atoms with Crippen LogP contribution in [0.2, 0.25) is 0 Å². The fraction of sp³-hybridized carbons (Fsp3) is 0.857. The normalized spacial score (nSPS) is 35.0. The summed E-state index contributed by atoms with van der Waals surface area (Å²) >= 11 is 0. The first-order valence-electron chi connectivity index (χ1n) is 7.16. The van der Waals surface area contributed by atoms with E-state index in [0.717, 1.165) is 38.5 Å². The summed E-state index contributed by atoms with van der Waals surface area (Å²) in [5.74, 6) is -0.494. The molecule has 2 aliphatic rings. The van der Waals surface area contributed by atoms with Gasteiger partial charge in [-0.05, 0) is 51.4 Å². The van der Waals surface area contributed by atoms with Crippen molar-refractivity contribution in [3.05, 3.63) is 0 Å². The monoisotopic (exact) mass is 269 g/mol. The lowest BCUT2D eigenvalue weighted by Crippen LogP contribution is -2.45. The number of carbonyl (C=O) groups excluding carboxylic acids is 1. The molecule has 0 aromatic rings. The first-order valence-corrected chi connectivity index (χ1v) is 7.16. The number of nitrogens with one attached hydrogen (secondary N) is 1. The molecule has 0 aromatic carbocycles. The summed E-state index contributed by atoms with van der Waals surface area (Å²) in [5, 5.41) is 11.9. The molecule has 108 valence electrons. The number of rotatable bonds is 4. The molecule has 1 aliphatic carbocycles. The number of carboxylic acid groups (broad SMARTS) is 1. The van der Waals surface area contributed by atoms with Gasteiger partial charge in [0.15, 0.2) is 0 Å². The highest BCUT2D eigenvalue weighted by Gasteiger charge is 2.37. The maximum Gasteiger partial charge on any atom is 0.306 e. The van der Waals surface area contributed by atoms with Crippen molar-refractivity contribution in [3.8, 4) is 0 Å². The Kier molecular flexibility index (Phi) is 4.45. The Morgan fingerprint density at radius 2 is 2.00 bits per heavy atom. The molecule has 0 bridgehead atoms. The van der Waals surface area contributed by atoms with Crippen LogP contribution in [0.15, 0.2) is 0 Å². The number of hydrogen-bond acceptors (Lipinski definition) is 3. The molecule has 2 rings (SSSR count). The lowest BCUT2D eigenvalue weighted by atomic mass is 9.82. The summed E-state index contributed by atoms with van der Waals surface area (Å²) in [6.07, 6.45) is 4.94. The van der Waals surface area contributed by atoms with Gasteiger partial charge in [-0.2, -0.15) is 0 Å². The second-order valence-corrected chi connectivity index (χ2v) is 5.95. The molecule has 0 radical (unpaired) electrons. The number of carbonyl (C=O) groups is 2. The van der Waals surface area contributed by atoms with E-state index >= 15 is 0 Å². The zero-order valence-electron chi connectivity index (χ0n) is 11.5. The quantitative estimate of drug-likeness (QED) is 0.812. The molecule has 1 aliphatic heterocycles. The average molecular weight is 269 g/mol. The van der Waals surface area contributed by atoms with Crippen LogP contribution in [0.3, 0.4) is 0 Å². The van der Waals surface area contributed by atoms with Crippen molar-refractivity contribution >= 4 is 11.9 Å². The minimum atomic E-state index is -0.686. The molecule has 1 heterocycles. The Hall–Kier alpha value is -1.10. The van der Waals surface area contributed by atoms with Crippen molar-refractivity contribution in [2.45, 2.75) is 51.0 Å². The van der Waals surface area contributed by atoms with Crippen molar-refractivity contribution in [2.75, 3.05) is 13.2 Å². The fourth-order valence-electron chi connectivity index (χ4n) is 3.00. The van der Waals surface area contributed by atoms with Gasteiger partial charge < -0.3 is 15.2 Å². The van der Waals surface area contributed by atoms with Crippen LogP contribution >= 0.6 is 0 Å². The average Bonchev–Trinajstić information content (AvgIpc) is 2.84. The summed E-state index contributed by atoms with van der Waals surface area (Å²) in [4.78, 5) is 22.9. The molecule has 2 N–H and O–H groups in total. The first kappa shape index (κ1) is 14.3. The number of carboxylic acids is 1. The summed E-state index contributed by atoms with van der Waals surface area (Å²) < 4.78 is 5.50. The molecule has 1 saturated heterocycles. The van der Waals surface area contributed by atoms with E-state index in [2.05, 4.69) is 5.32 Å². The highest BCUT2D eigenvalue weighted by atomic mass is 16.5. The van der Waals surface area contributed by atoms with Crippen LogP contribution < -0.4 is 5.32 Å². The first-order chi connectivity index (χ1) is 9.01. The fourth-order valence-corrected chi connectivity index (χ4v) is 3.00. The van der Waals surface area contributed by atoms with E-state index < -0.39 is 11.6 Å². The second kappa shape index (κ2) is 5.90. The minimum Gasteiger partial charge on any atom is -0.481 e. The third kappa shape index (κ3) is 3.47. The number of hydrogen-bond donors (Lipinski definition) is 2. The van der Waals surface area contributed by atoms with Crippen LogP contribution in [-0.2, 0) is 14.3 Å². The predicted molar refractivity (Wildman–Crippen MR) is 69.7 cm³/mol. The topological polar surface area (TPSA) is 75.6 Å². The van der Waals surface area contributed by atoms with Gasteiger partial charge in [0, 0.05) is 13.2 Å². The Morgan fingerprint density at radius 3 is 2.53 bits per heavy atom. The summed E-state index contributed by atoms with van der Waals surface area (Å²) in [5.41, 5.74) is -0.654. The number of ether oxygens (including phenoxy) is 1. The second-order valence-electron chi connectivity index (χ2n) is 5.95. The van der Waals surface area contributed by atoms with Crippen LogP contribution in [0.25, 0.3) is 0 Å². The van der Waals surface area contributed by atoms with Crippen molar-refractivity contribution in [3.63, 3.8) is 0 Å². The van der Waals surface area contributed by atoms with E-state index in [1.807, 2.05) is 6.92 Å². The maximum atomic E-state index is 12.1. The van der Waals surface area contributed by atoms with Crippen molar-refractivity contribution in [2.24, 2.45) is 11.8 Å². The van der Waals surface area contributed by atoms with Gasteiger partial charge in [-0.3, -0.25) is 9.59 Å². The van der Waals surface area contributed by atoms with Crippen LogP contribution in [0, 0.1) is 11.8 Å². The Balaban J connectivity index is 1.72. The van der Waals surface area contributed by atoms with Gasteiger partial charge in [-0.1, -0.05) is 0 Å². The standard InChI is InChI=1S/C14H23NO4/c1-14(7-2-8-19-14)13(18)15-9-10-3-5-11(6-4-10)12(16)17/h10-11H,2-9H2,1H3,(H,15,18)(H,16,17). The molecule has 5 heteroatoms. The highest BCUT2D eigenvalue weighted by Crippen LogP contribution is 2.29. The minimum absolute atomic E-state index is 0.0228. The van der Waals surface area contributed by atoms with Gasteiger partial charge in [0.1, 0.15) is 5.60 Å². The van der Waals surface area contributed by atoms with E-state index in [0.29, 0.717) is 19.1 Å². The third-order valence-electron chi connectivity index (χ3n) is 4.45. The number of aliphatic carboxylic acids is 1. The molecule has 1 amide bonds. The highest BCUT2D eigenvalue weighted by molar-refractivity contribution is 5.85. The predicted octanol–water partition coefficient (Wildman–Crippen LogP) is 1.56. The molecule has 1 saturated carbocycles. The van der Waals surface area contributed by atoms with Gasteiger partial charge in [0.2, 0.25) is 0 Å². The van der Waals surface area contributed by atoms with E-state index in [1.165, 1.54) is 0 Å².